The van der Waals surface area contributed by atoms with Crippen molar-refractivity contribution in [3.05, 3.63) is 53.6 Å². The Morgan fingerprint density at radius 1 is 1.33 bits per heavy atom. The molecule has 0 aliphatic heterocycles. The number of nitrogens with zero attached hydrogens (tertiary/aromatic N) is 3. The van der Waals surface area contributed by atoms with Crippen molar-refractivity contribution in [3.8, 4) is 23.7 Å². The highest BCUT2D eigenvalue weighted by Gasteiger charge is 2.03. The van der Waals surface area contributed by atoms with Gasteiger partial charge in [0.15, 0.2) is 0 Å². The molecule has 104 valence electrons. The lowest BCUT2D eigenvalue weighted by molar-refractivity contribution is 0.304. The molecule has 0 spiro atoms. The number of aromatic nitrogens is 2. The molecule has 0 aliphatic carbocycles. The smallest absolute Gasteiger partial charge is 0.147 e. The van der Waals surface area contributed by atoms with Crippen LogP contribution in [0.2, 0.25) is 0 Å². The zero-order chi connectivity index (χ0) is 14.9. The van der Waals surface area contributed by atoms with Gasteiger partial charge in [-0.05, 0) is 12.1 Å². The molecule has 5 heteroatoms. The molecular formula is C16H13N3O2. The van der Waals surface area contributed by atoms with Gasteiger partial charge in [0, 0.05) is 29.9 Å². The van der Waals surface area contributed by atoms with Gasteiger partial charge in [0.05, 0.1) is 12.8 Å². The minimum absolute atomic E-state index is 0.0363. The number of hydrogen-bond donors (Lipinski definition) is 1. The molecule has 0 aliphatic rings. The number of aliphatic hydroxyl groups is 1. The fraction of sp³-hybridized carbons (Fsp3) is 0.188. The lowest BCUT2D eigenvalue weighted by Crippen LogP contribution is -2.00. The largest absolute Gasteiger partial charge is 0.487 e. The van der Waals surface area contributed by atoms with E-state index in [1.54, 1.807) is 36.8 Å². The van der Waals surface area contributed by atoms with Gasteiger partial charge in [-0.3, -0.25) is 4.98 Å². The van der Waals surface area contributed by atoms with Gasteiger partial charge in [-0.2, -0.15) is 5.26 Å². The fourth-order valence-electron chi connectivity index (χ4n) is 1.60. The first-order valence-electron chi connectivity index (χ1n) is 6.35. The SMILES string of the molecule is N#Cc1ncccc1COc1cncc(C#CCCO)c1. The Hall–Kier alpha value is -2.89. The molecule has 2 rings (SSSR count). The van der Waals surface area contributed by atoms with Crippen molar-refractivity contribution in [1.82, 2.24) is 9.97 Å². The second-order valence-electron chi connectivity index (χ2n) is 4.10. The van der Waals surface area contributed by atoms with Crippen LogP contribution in [-0.2, 0) is 6.61 Å². The molecule has 0 saturated carbocycles. The van der Waals surface area contributed by atoms with E-state index in [0.717, 1.165) is 5.56 Å². The average Bonchev–Trinajstić information content (AvgIpc) is 2.54. The molecule has 1 N–H and O–H groups in total. The van der Waals surface area contributed by atoms with Gasteiger partial charge >= 0.3 is 0 Å². The first-order chi connectivity index (χ1) is 10.3. The van der Waals surface area contributed by atoms with Gasteiger partial charge in [-0.1, -0.05) is 17.9 Å². The Kier molecular flexibility index (Phi) is 5.28. The zero-order valence-electron chi connectivity index (χ0n) is 11.3. The predicted molar refractivity (Wildman–Crippen MR) is 76.1 cm³/mol. The molecule has 21 heavy (non-hydrogen) atoms. The number of pyridine rings is 2. The maximum Gasteiger partial charge on any atom is 0.147 e. The summed E-state index contributed by atoms with van der Waals surface area (Å²) in [4.78, 5) is 8.02. The van der Waals surface area contributed by atoms with Gasteiger partial charge < -0.3 is 9.84 Å². The van der Waals surface area contributed by atoms with E-state index in [9.17, 15) is 0 Å². The highest BCUT2D eigenvalue weighted by atomic mass is 16.5. The van der Waals surface area contributed by atoms with Crippen molar-refractivity contribution < 1.29 is 9.84 Å². The lowest BCUT2D eigenvalue weighted by Gasteiger charge is -2.06. The number of aliphatic hydroxyl groups excluding tert-OH is 1. The molecule has 0 aromatic carbocycles. The Bertz CT molecular complexity index is 711. The molecule has 0 atom stereocenters. The highest BCUT2D eigenvalue weighted by Crippen LogP contribution is 2.14. The van der Waals surface area contributed by atoms with E-state index < -0.39 is 0 Å². The van der Waals surface area contributed by atoms with E-state index >= 15 is 0 Å². The minimum Gasteiger partial charge on any atom is -0.487 e. The summed E-state index contributed by atoms with van der Waals surface area (Å²) >= 11 is 0. The summed E-state index contributed by atoms with van der Waals surface area (Å²) in [5.74, 6) is 6.28. The third-order valence-corrected chi connectivity index (χ3v) is 2.57. The Morgan fingerprint density at radius 3 is 3.05 bits per heavy atom. The van der Waals surface area contributed by atoms with Gasteiger partial charge in [-0.15, -0.1) is 0 Å². The summed E-state index contributed by atoms with van der Waals surface area (Å²) in [5, 5.41) is 17.6. The van der Waals surface area contributed by atoms with E-state index in [0.29, 0.717) is 23.4 Å². The first-order valence-corrected chi connectivity index (χ1v) is 6.35. The van der Waals surface area contributed by atoms with Crippen molar-refractivity contribution >= 4 is 0 Å². The summed E-state index contributed by atoms with van der Waals surface area (Å²) in [6.45, 7) is 0.278. The average molecular weight is 279 g/mol. The quantitative estimate of drug-likeness (QED) is 0.861. The third kappa shape index (κ3) is 4.31. The predicted octanol–water partition coefficient (Wildman–Crippen LogP) is 1.66. The molecule has 5 nitrogen and oxygen atoms in total. The van der Waals surface area contributed by atoms with Crippen LogP contribution in [-0.4, -0.2) is 21.7 Å². The van der Waals surface area contributed by atoms with Gasteiger partial charge in [0.2, 0.25) is 0 Å². The molecule has 0 unspecified atom stereocenters. The van der Waals surface area contributed by atoms with Crippen LogP contribution in [0.1, 0.15) is 23.2 Å². The maximum atomic E-state index is 8.96. The van der Waals surface area contributed by atoms with Gasteiger partial charge in [0.25, 0.3) is 0 Å². The summed E-state index contributed by atoms with van der Waals surface area (Å²) in [6, 6.07) is 7.34. The standard InChI is InChI=1S/C16H13N3O2/c17-9-16-14(5-3-6-19-16)12-21-15-8-13(10-18-11-15)4-1-2-7-20/h3,5-6,8,10-11,20H,2,7,12H2. The van der Waals surface area contributed by atoms with Crippen LogP contribution in [0.4, 0.5) is 0 Å². The van der Waals surface area contributed by atoms with E-state index in [2.05, 4.69) is 21.8 Å². The number of ether oxygens (including phenoxy) is 1. The summed E-state index contributed by atoms with van der Waals surface area (Å²) in [6.07, 6.45) is 5.20. The van der Waals surface area contributed by atoms with Crippen LogP contribution in [0.5, 0.6) is 5.75 Å². The van der Waals surface area contributed by atoms with E-state index in [1.165, 1.54) is 0 Å². The van der Waals surface area contributed by atoms with Crippen LogP contribution in [0, 0.1) is 23.2 Å². The molecule has 2 aromatic rings. The highest BCUT2D eigenvalue weighted by molar-refractivity contribution is 5.37. The molecule has 0 radical (unpaired) electrons. The second kappa shape index (κ2) is 7.64. The second-order valence-corrected chi connectivity index (χ2v) is 4.10. The Labute approximate surface area is 122 Å². The van der Waals surface area contributed by atoms with Crippen LogP contribution >= 0.6 is 0 Å². The monoisotopic (exact) mass is 279 g/mol. The van der Waals surface area contributed by atoms with E-state index in [-0.39, 0.29) is 13.2 Å². The normalized spacial score (nSPS) is 9.33. The number of hydrogen-bond acceptors (Lipinski definition) is 5. The van der Waals surface area contributed by atoms with Crippen molar-refractivity contribution in [3.63, 3.8) is 0 Å². The fourth-order valence-corrected chi connectivity index (χ4v) is 1.60. The maximum absolute atomic E-state index is 8.96. The van der Waals surface area contributed by atoms with E-state index in [1.807, 2.05) is 6.07 Å². The molecular weight excluding hydrogens is 266 g/mol. The molecule has 0 saturated heterocycles. The minimum atomic E-state index is 0.0363. The van der Waals surface area contributed by atoms with Crippen LogP contribution in [0.15, 0.2) is 36.8 Å². The van der Waals surface area contributed by atoms with Gasteiger partial charge in [-0.25, -0.2) is 4.98 Å². The Morgan fingerprint density at radius 2 is 2.24 bits per heavy atom. The molecule has 0 fully saturated rings. The van der Waals surface area contributed by atoms with Crippen LogP contribution < -0.4 is 4.74 Å². The van der Waals surface area contributed by atoms with Crippen molar-refractivity contribution in [1.29, 1.82) is 5.26 Å². The van der Waals surface area contributed by atoms with Crippen LogP contribution in [0.25, 0.3) is 0 Å². The van der Waals surface area contributed by atoms with Gasteiger partial charge in [0.1, 0.15) is 24.1 Å². The topological polar surface area (TPSA) is 79.0 Å². The summed E-state index contributed by atoms with van der Waals surface area (Å²) in [5.41, 5.74) is 1.79. The number of nitriles is 1. The van der Waals surface area contributed by atoms with Crippen LogP contribution in [0.3, 0.4) is 0 Å². The van der Waals surface area contributed by atoms with Crippen molar-refractivity contribution in [2.24, 2.45) is 0 Å². The van der Waals surface area contributed by atoms with Crippen molar-refractivity contribution in [2.75, 3.05) is 6.61 Å². The zero-order valence-corrected chi connectivity index (χ0v) is 11.3. The van der Waals surface area contributed by atoms with Crippen molar-refractivity contribution in [2.45, 2.75) is 13.0 Å². The lowest BCUT2D eigenvalue weighted by atomic mass is 10.2. The summed E-state index contributed by atoms with van der Waals surface area (Å²) in [7, 11) is 0. The Balaban J connectivity index is 2.06. The summed E-state index contributed by atoms with van der Waals surface area (Å²) < 4.78 is 5.61. The first kappa shape index (κ1) is 14.5. The molecule has 0 bridgehead atoms. The molecule has 2 aromatic heterocycles. The van der Waals surface area contributed by atoms with E-state index in [4.69, 9.17) is 15.1 Å². The number of rotatable bonds is 4. The molecule has 2 heterocycles. The third-order valence-electron chi connectivity index (χ3n) is 2.57. The molecule has 0 amide bonds.